The lowest BCUT2D eigenvalue weighted by Gasteiger charge is -2.34. The summed E-state index contributed by atoms with van der Waals surface area (Å²) in [5.41, 5.74) is -1.44. The predicted molar refractivity (Wildman–Crippen MR) is 98.6 cm³/mol. The number of alkyl halides is 3. The molecule has 1 aromatic carbocycles. The van der Waals surface area contributed by atoms with Gasteiger partial charge in [0.1, 0.15) is 17.9 Å². The second-order valence-electron chi connectivity index (χ2n) is 7.85. The average molecular weight is 429 g/mol. The molecule has 1 unspecified atom stereocenters. The highest BCUT2D eigenvalue weighted by molar-refractivity contribution is 6.09. The number of rotatable bonds is 5. The summed E-state index contributed by atoms with van der Waals surface area (Å²) in [6.07, 6.45) is -1.49. The molecule has 1 aromatic rings. The third kappa shape index (κ3) is 4.41. The normalized spacial score (nSPS) is 25.4. The molecule has 1 heterocycles. The lowest BCUT2D eigenvalue weighted by molar-refractivity contribution is -0.163. The molecule has 3 rings (SSSR count). The first-order valence-electron chi connectivity index (χ1n) is 9.81. The molecular weight excluding hydrogens is 406 g/mol. The Morgan fingerprint density at radius 1 is 1.23 bits per heavy atom. The van der Waals surface area contributed by atoms with Crippen molar-refractivity contribution in [2.45, 2.75) is 56.8 Å². The van der Waals surface area contributed by atoms with Crippen molar-refractivity contribution in [2.24, 2.45) is 5.92 Å². The van der Waals surface area contributed by atoms with Crippen LogP contribution in [0.1, 0.15) is 50.6 Å². The highest BCUT2D eigenvalue weighted by Crippen LogP contribution is 2.38. The number of hydrogen-bond donors (Lipinski definition) is 2. The molecule has 164 valence electrons. The number of halogens is 4. The lowest BCUT2D eigenvalue weighted by Crippen LogP contribution is -2.50. The number of nitrogens with one attached hydrogen (secondary N) is 2. The molecule has 30 heavy (non-hydrogen) atoms. The van der Waals surface area contributed by atoms with Gasteiger partial charge in [-0.2, -0.15) is 13.2 Å². The standard InChI is InChI=1S/C20H23F4N3O3/c1-2-12-7-9-19(10-8-12)17(29)27(18(30)26-19)11-15(28)25-16(20(22,23)24)13-3-5-14(21)6-4-13/h3-6,12,16H,2,7-11H2,1H3,(H,25,28)(H,26,30). The van der Waals surface area contributed by atoms with Crippen molar-refractivity contribution in [3.8, 4) is 0 Å². The minimum Gasteiger partial charge on any atom is -0.339 e. The van der Waals surface area contributed by atoms with E-state index in [2.05, 4.69) is 5.32 Å². The van der Waals surface area contributed by atoms with E-state index >= 15 is 0 Å². The van der Waals surface area contributed by atoms with Crippen LogP contribution in [0, 0.1) is 11.7 Å². The highest BCUT2D eigenvalue weighted by atomic mass is 19.4. The third-order valence-electron chi connectivity index (χ3n) is 5.92. The van der Waals surface area contributed by atoms with Crippen LogP contribution in [0.25, 0.3) is 0 Å². The summed E-state index contributed by atoms with van der Waals surface area (Å²) in [7, 11) is 0. The van der Waals surface area contributed by atoms with Gasteiger partial charge in [0, 0.05) is 0 Å². The molecule has 0 radical (unpaired) electrons. The van der Waals surface area contributed by atoms with Gasteiger partial charge in [0.05, 0.1) is 0 Å². The van der Waals surface area contributed by atoms with E-state index in [1.54, 1.807) is 0 Å². The van der Waals surface area contributed by atoms with Gasteiger partial charge < -0.3 is 10.6 Å². The van der Waals surface area contributed by atoms with Crippen molar-refractivity contribution in [2.75, 3.05) is 6.54 Å². The zero-order valence-corrected chi connectivity index (χ0v) is 16.4. The van der Waals surface area contributed by atoms with Crippen molar-refractivity contribution >= 4 is 17.8 Å². The zero-order chi connectivity index (χ0) is 22.1. The monoisotopic (exact) mass is 429 g/mol. The van der Waals surface area contributed by atoms with Gasteiger partial charge in [0.25, 0.3) is 5.91 Å². The molecule has 10 heteroatoms. The smallest absolute Gasteiger partial charge is 0.339 e. The molecule has 1 aliphatic heterocycles. The molecular formula is C20H23F4N3O3. The van der Waals surface area contributed by atoms with Gasteiger partial charge in [-0.25, -0.2) is 9.18 Å². The molecule has 1 atom stereocenters. The van der Waals surface area contributed by atoms with E-state index in [9.17, 15) is 31.9 Å². The summed E-state index contributed by atoms with van der Waals surface area (Å²) in [5, 5.41) is 4.44. The van der Waals surface area contributed by atoms with Crippen molar-refractivity contribution in [1.29, 1.82) is 0 Å². The summed E-state index contributed by atoms with van der Waals surface area (Å²) in [5.74, 6) is -1.97. The Bertz CT molecular complexity index is 818. The number of urea groups is 1. The van der Waals surface area contributed by atoms with Crippen LogP contribution in [0.5, 0.6) is 0 Å². The summed E-state index contributed by atoms with van der Waals surface area (Å²) in [6.45, 7) is 1.23. The quantitative estimate of drug-likeness (QED) is 0.556. The van der Waals surface area contributed by atoms with Crippen LogP contribution in [-0.4, -0.2) is 41.0 Å². The van der Waals surface area contributed by atoms with E-state index in [-0.39, 0.29) is 5.56 Å². The summed E-state index contributed by atoms with van der Waals surface area (Å²) in [4.78, 5) is 38.1. The fraction of sp³-hybridized carbons (Fsp3) is 0.550. The van der Waals surface area contributed by atoms with E-state index in [0.717, 1.165) is 43.5 Å². The number of nitrogens with zero attached hydrogens (tertiary/aromatic N) is 1. The Morgan fingerprint density at radius 3 is 2.37 bits per heavy atom. The zero-order valence-electron chi connectivity index (χ0n) is 16.4. The van der Waals surface area contributed by atoms with Crippen LogP contribution in [0.2, 0.25) is 0 Å². The second-order valence-corrected chi connectivity index (χ2v) is 7.85. The van der Waals surface area contributed by atoms with E-state index in [1.165, 1.54) is 0 Å². The summed E-state index contributed by atoms with van der Waals surface area (Å²) >= 11 is 0. The Kier molecular flexibility index (Phi) is 6.05. The molecule has 2 aliphatic rings. The molecule has 1 spiro atoms. The molecule has 2 N–H and O–H groups in total. The molecule has 2 fully saturated rings. The Hall–Kier alpha value is -2.65. The molecule has 1 saturated carbocycles. The van der Waals surface area contributed by atoms with Crippen LogP contribution < -0.4 is 10.6 Å². The van der Waals surface area contributed by atoms with Gasteiger partial charge in [0.2, 0.25) is 5.91 Å². The fourth-order valence-corrected chi connectivity index (χ4v) is 4.10. The van der Waals surface area contributed by atoms with Gasteiger partial charge in [-0.05, 0) is 49.3 Å². The summed E-state index contributed by atoms with van der Waals surface area (Å²) < 4.78 is 53.3. The molecule has 0 aromatic heterocycles. The largest absolute Gasteiger partial charge is 0.412 e. The summed E-state index contributed by atoms with van der Waals surface area (Å²) in [6, 6.07) is 0.378. The number of amides is 4. The second kappa shape index (κ2) is 8.23. The van der Waals surface area contributed by atoms with E-state index in [4.69, 9.17) is 0 Å². The highest BCUT2D eigenvalue weighted by Gasteiger charge is 2.53. The fourth-order valence-electron chi connectivity index (χ4n) is 4.10. The third-order valence-corrected chi connectivity index (χ3v) is 5.92. The molecule has 1 aliphatic carbocycles. The van der Waals surface area contributed by atoms with Crippen LogP contribution in [0.4, 0.5) is 22.4 Å². The van der Waals surface area contributed by atoms with Gasteiger partial charge >= 0.3 is 12.2 Å². The van der Waals surface area contributed by atoms with E-state index in [1.807, 2.05) is 12.2 Å². The van der Waals surface area contributed by atoms with Crippen LogP contribution in [0.3, 0.4) is 0 Å². The number of carbonyl (C=O) groups is 3. The Labute approximate surface area is 171 Å². The Morgan fingerprint density at radius 2 is 1.83 bits per heavy atom. The average Bonchev–Trinajstić information content (AvgIpc) is 2.91. The van der Waals surface area contributed by atoms with Crippen LogP contribution in [-0.2, 0) is 9.59 Å². The van der Waals surface area contributed by atoms with Crippen molar-refractivity contribution in [3.63, 3.8) is 0 Å². The maximum absolute atomic E-state index is 13.4. The Balaban J connectivity index is 1.69. The topological polar surface area (TPSA) is 78.5 Å². The first kappa shape index (κ1) is 22.0. The molecule has 6 nitrogen and oxygen atoms in total. The van der Waals surface area contributed by atoms with Crippen LogP contribution >= 0.6 is 0 Å². The van der Waals surface area contributed by atoms with Crippen molar-refractivity contribution in [3.05, 3.63) is 35.6 Å². The molecule has 0 bridgehead atoms. The molecule has 1 saturated heterocycles. The number of hydrogen-bond acceptors (Lipinski definition) is 3. The first-order chi connectivity index (χ1) is 14.1. The van der Waals surface area contributed by atoms with Gasteiger partial charge in [-0.3, -0.25) is 14.5 Å². The van der Waals surface area contributed by atoms with E-state index in [0.29, 0.717) is 23.7 Å². The number of carbonyl (C=O) groups excluding carboxylic acids is 3. The van der Waals surface area contributed by atoms with Crippen molar-refractivity contribution < 1.29 is 31.9 Å². The van der Waals surface area contributed by atoms with Gasteiger partial charge in [-0.1, -0.05) is 25.5 Å². The molecule has 4 amide bonds. The van der Waals surface area contributed by atoms with Gasteiger partial charge in [-0.15, -0.1) is 0 Å². The minimum absolute atomic E-state index is 0.358. The lowest BCUT2D eigenvalue weighted by atomic mass is 9.75. The minimum atomic E-state index is -4.84. The predicted octanol–water partition coefficient (Wildman–Crippen LogP) is 3.44. The van der Waals surface area contributed by atoms with Crippen molar-refractivity contribution in [1.82, 2.24) is 15.5 Å². The van der Waals surface area contributed by atoms with Crippen LogP contribution in [0.15, 0.2) is 24.3 Å². The number of benzene rings is 1. The maximum atomic E-state index is 13.4. The SMILES string of the molecule is CCC1CCC2(CC1)NC(=O)N(CC(=O)NC(c1ccc(F)cc1)C(F)(F)F)C2=O. The van der Waals surface area contributed by atoms with Gasteiger partial charge in [0.15, 0.2) is 6.04 Å². The first-order valence-corrected chi connectivity index (χ1v) is 9.81. The number of imide groups is 1. The van der Waals surface area contributed by atoms with E-state index < -0.39 is 48.0 Å². The maximum Gasteiger partial charge on any atom is 0.412 e.